The summed E-state index contributed by atoms with van der Waals surface area (Å²) in [5.41, 5.74) is 5.39. The van der Waals surface area contributed by atoms with Crippen LogP contribution in [0.5, 0.6) is 0 Å². The van der Waals surface area contributed by atoms with Crippen LogP contribution in [0.2, 0.25) is 0 Å². The van der Waals surface area contributed by atoms with Crippen LogP contribution in [-0.2, 0) is 19.3 Å². The van der Waals surface area contributed by atoms with Gasteiger partial charge in [0.2, 0.25) is 0 Å². The van der Waals surface area contributed by atoms with Gasteiger partial charge in [-0.3, -0.25) is 0 Å². The first-order valence-corrected chi connectivity index (χ1v) is 11.8. The highest BCUT2D eigenvalue weighted by Crippen LogP contribution is 2.41. The summed E-state index contributed by atoms with van der Waals surface area (Å²) in [5.74, 6) is 1.44. The molecule has 3 aromatic heterocycles. The van der Waals surface area contributed by atoms with Crippen molar-refractivity contribution in [3.8, 4) is 0 Å². The van der Waals surface area contributed by atoms with Crippen LogP contribution in [0.1, 0.15) is 50.4 Å². The number of rotatable bonds is 5. The molecular formula is C21H24ClN3S2. The molecule has 0 radical (unpaired) electrons. The van der Waals surface area contributed by atoms with E-state index in [0.29, 0.717) is 5.92 Å². The fraction of sp³-hybridized carbons (Fsp3) is 0.476. The Bertz CT molecular complexity index is 1020. The number of hydrogen-bond donors (Lipinski definition) is 0. The highest BCUT2D eigenvalue weighted by molar-refractivity contribution is 7.99. The first-order chi connectivity index (χ1) is 13.0. The maximum absolute atomic E-state index is 5.97. The van der Waals surface area contributed by atoms with Crippen LogP contribution in [0.25, 0.3) is 20.4 Å². The largest absolute Gasteiger partial charge is 0.242 e. The third-order valence-corrected chi connectivity index (χ3v) is 7.24. The van der Waals surface area contributed by atoms with Gasteiger partial charge in [-0.15, -0.1) is 23.1 Å². The second-order valence-electron chi connectivity index (χ2n) is 7.56. The Balaban J connectivity index is 1.89. The van der Waals surface area contributed by atoms with Crippen LogP contribution in [0.4, 0.5) is 0 Å². The molecule has 0 aliphatic heterocycles. The SMILES string of the molecule is CC(Cl)=CCSc1ncnc2c1sc1nc(CC(C)C)c3c(c12)CCCC3. The third kappa shape index (κ3) is 3.87. The molecular weight excluding hydrogens is 394 g/mol. The van der Waals surface area contributed by atoms with E-state index in [1.165, 1.54) is 39.7 Å². The van der Waals surface area contributed by atoms with Crippen molar-refractivity contribution >= 4 is 55.1 Å². The number of nitrogens with zero attached hydrogens (tertiary/aromatic N) is 3. The number of halogens is 1. The van der Waals surface area contributed by atoms with Crippen molar-refractivity contribution in [1.29, 1.82) is 0 Å². The Kier molecular flexibility index (Phi) is 5.72. The van der Waals surface area contributed by atoms with Gasteiger partial charge < -0.3 is 0 Å². The molecule has 6 heteroatoms. The van der Waals surface area contributed by atoms with Gasteiger partial charge in [-0.05, 0) is 56.1 Å². The number of pyridine rings is 1. The highest BCUT2D eigenvalue weighted by atomic mass is 35.5. The zero-order valence-corrected chi connectivity index (χ0v) is 18.4. The molecule has 3 nitrogen and oxygen atoms in total. The number of fused-ring (bicyclic) bond motifs is 5. The van der Waals surface area contributed by atoms with E-state index in [9.17, 15) is 0 Å². The average Bonchev–Trinajstić information content (AvgIpc) is 3.00. The molecule has 142 valence electrons. The molecule has 4 rings (SSSR count). The molecule has 0 saturated heterocycles. The molecule has 27 heavy (non-hydrogen) atoms. The molecule has 3 aromatic rings. The zero-order chi connectivity index (χ0) is 19.0. The first-order valence-electron chi connectivity index (χ1n) is 9.57. The highest BCUT2D eigenvalue weighted by Gasteiger charge is 2.23. The third-order valence-electron chi connectivity index (χ3n) is 4.96. The van der Waals surface area contributed by atoms with Gasteiger partial charge in [-0.1, -0.05) is 31.5 Å². The minimum Gasteiger partial charge on any atom is -0.242 e. The van der Waals surface area contributed by atoms with Gasteiger partial charge in [0, 0.05) is 21.9 Å². The van der Waals surface area contributed by atoms with Crippen molar-refractivity contribution in [2.75, 3.05) is 5.75 Å². The van der Waals surface area contributed by atoms with E-state index < -0.39 is 0 Å². The van der Waals surface area contributed by atoms with Crippen LogP contribution in [0.3, 0.4) is 0 Å². The van der Waals surface area contributed by atoms with E-state index in [1.807, 2.05) is 13.0 Å². The van der Waals surface area contributed by atoms with Gasteiger partial charge >= 0.3 is 0 Å². The topological polar surface area (TPSA) is 38.7 Å². The minimum atomic E-state index is 0.617. The normalized spacial score (nSPS) is 15.1. The van der Waals surface area contributed by atoms with Crippen LogP contribution in [0.15, 0.2) is 22.5 Å². The number of aryl methyl sites for hydroxylation is 1. The summed E-state index contributed by atoms with van der Waals surface area (Å²) < 4.78 is 1.17. The van der Waals surface area contributed by atoms with Crippen molar-refractivity contribution in [3.63, 3.8) is 0 Å². The molecule has 1 aliphatic carbocycles. The Labute approximate surface area is 173 Å². The van der Waals surface area contributed by atoms with Crippen molar-refractivity contribution in [1.82, 2.24) is 15.0 Å². The predicted molar refractivity (Wildman–Crippen MR) is 118 cm³/mol. The monoisotopic (exact) mass is 417 g/mol. The minimum absolute atomic E-state index is 0.617. The number of hydrogen-bond acceptors (Lipinski definition) is 5. The average molecular weight is 418 g/mol. The number of thioether (sulfide) groups is 1. The quantitative estimate of drug-likeness (QED) is 0.348. The Morgan fingerprint density at radius 1 is 1.26 bits per heavy atom. The number of aromatic nitrogens is 3. The first kappa shape index (κ1) is 19.2. The number of allylic oxidation sites excluding steroid dienone is 1. The van der Waals surface area contributed by atoms with E-state index in [-0.39, 0.29) is 0 Å². The Morgan fingerprint density at radius 3 is 2.78 bits per heavy atom. The smallest absolute Gasteiger partial charge is 0.126 e. The summed E-state index contributed by atoms with van der Waals surface area (Å²) in [7, 11) is 0. The molecule has 0 unspecified atom stereocenters. The fourth-order valence-electron chi connectivity index (χ4n) is 3.81. The molecule has 1 aliphatic rings. The van der Waals surface area contributed by atoms with Gasteiger partial charge in [0.25, 0.3) is 0 Å². The molecule has 0 aromatic carbocycles. The van der Waals surface area contributed by atoms with Crippen LogP contribution < -0.4 is 0 Å². The van der Waals surface area contributed by atoms with Gasteiger partial charge in [0.05, 0.1) is 10.2 Å². The fourth-order valence-corrected chi connectivity index (χ4v) is 6.18. The summed E-state index contributed by atoms with van der Waals surface area (Å²) in [6.45, 7) is 6.46. The summed E-state index contributed by atoms with van der Waals surface area (Å²) in [6, 6.07) is 0. The maximum Gasteiger partial charge on any atom is 0.126 e. The lowest BCUT2D eigenvalue weighted by molar-refractivity contribution is 0.615. The van der Waals surface area contributed by atoms with Gasteiger partial charge in [-0.25, -0.2) is 15.0 Å². The van der Waals surface area contributed by atoms with E-state index in [4.69, 9.17) is 16.6 Å². The van der Waals surface area contributed by atoms with Crippen molar-refractivity contribution in [2.24, 2.45) is 5.92 Å². The molecule has 3 heterocycles. The van der Waals surface area contributed by atoms with Gasteiger partial charge in [0.1, 0.15) is 16.2 Å². The molecule has 0 bridgehead atoms. The molecule has 0 spiro atoms. The second kappa shape index (κ2) is 8.06. The van der Waals surface area contributed by atoms with Gasteiger partial charge in [0.15, 0.2) is 0 Å². The lowest BCUT2D eigenvalue weighted by atomic mass is 9.87. The Hall–Kier alpha value is -1.17. The van der Waals surface area contributed by atoms with E-state index in [1.54, 1.807) is 29.4 Å². The van der Waals surface area contributed by atoms with E-state index >= 15 is 0 Å². The molecule has 0 amide bonds. The molecule has 0 fully saturated rings. The maximum atomic E-state index is 5.97. The lowest BCUT2D eigenvalue weighted by Gasteiger charge is -2.20. The van der Waals surface area contributed by atoms with Crippen molar-refractivity contribution in [3.05, 3.63) is 34.3 Å². The molecule has 0 saturated carbocycles. The van der Waals surface area contributed by atoms with E-state index in [0.717, 1.165) is 45.4 Å². The molecule has 0 atom stereocenters. The van der Waals surface area contributed by atoms with Crippen LogP contribution in [0, 0.1) is 5.92 Å². The zero-order valence-electron chi connectivity index (χ0n) is 16.0. The summed E-state index contributed by atoms with van der Waals surface area (Å²) in [5, 5.41) is 3.14. The lowest BCUT2D eigenvalue weighted by Crippen LogP contribution is -2.11. The Morgan fingerprint density at radius 2 is 2.04 bits per heavy atom. The standard InChI is InChI=1S/C21H24ClN3S2/c1-12(2)10-16-14-6-4-5-7-15(14)17-18-19(27-20(17)25-16)21(24-11-23-18)26-9-8-13(3)22/h8,11-12H,4-7,9-10H2,1-3H3. The number of thiophene rings is 1. The van der Waals surface area contributed by atoms with Gasteiger partial charge in [-0.2, -0.15) is 0 Å². The van der Waals surface area contributed by atoms with Crippen molar-refractivity contribution in [2.45, 2.75) is 57.9 Å². The van der Waals surface area contributed by atoms with E-state index in [2.05, 4.69) is 23.8 Å². The van der Waals surface area contributed by atoms with Crippen LogP contribution >= 0.6 is 34.7 Å². The van der Waals surface area contributed by atoms with Crippen molar-refractivity contribution < 1.29 is 0 Å². The van der Waals surface area contributed by atoms with Crippen LogP contribution in [-0.4, -0.2) is 20.7 Å². The predicted octanol–water partition coefficient (Wildman–Crippen LogP) is 6.55. The molecule has 0 N–H and O–H groups in total. The second-order valence-corrected chi connectivity index (χ2v) is 10.2. The summed E-state index contributed by atoms with van der Waals surface area (Å²) in [4.78, 5) is 15.5. The summed E-state index contributed by atoms with van der Waals surface area (Å²) >= 11 is 9.44. The summed E-state index contributed by atoms with van der Waals surface area (Å²) in [6.07, 6.45) is 9.61.